The molecular formula is C51H34N4. The van der Waals surface area contributed by atoms with E-state index in [0.29, 0.717) is 0 Å². The van der Waals surface area contributed by atoms with Crippen molar-refractivity contribution in [3.63, 3.8) is 0 Å². The van der Waals surface area contributed by atoms with Crippen LogP contribution in [0.3, 0.4) is 0 Å². The molecule has 8 aromatic carbocycles. The van der Waals surface area contributed by atoms with Gasteiger partial charge >= 0.3 is 0 Å². The summed E-state index contributed by atoms with van der Waals surface area (Å²) in [6.45, 7) is 4.75. The molecular weight excluding hydrogens is 669 g/mol. The van der Waals surface area contributed by atoms with Gasteiger partial charge in [-0.05, 0) is 116 Å². The molecule has 0 aliphatic heterocycles. The molecule has 3 aromatic heterocycles. The van der Waals surface area contributed by atoms with Gasteiger partial charge in [-0.25, -0.2) is 9.97 Å². The molecule has 258 valence electrons. The second-order valence-electron chi connectivity index (χ2n) is 15.5. The van der Waals surface area contributed by atoms with Gasteiger partial charge in [0, 0.05) is 21.6 Å². The van der Waals surface area contributed by atoms with Crippen LogP contribution in [0.2, 0.25) is 0 Å². The first-order chi connectivity index (χ1) is 27.0. The van der Waals surface area contributed by atoms with Crippen molar-refractivity contribution in [2.45, 2.75) is 19.3 Å². The Balaban J connectivity index is 1.01. The topological polar surface area (TPSA) is 35.1 Å². The summed E-state index contributed by atoms with van der Waals surface area (Å²) >= 11 is 0. The minimum atomic E-state index is -0.144. The number of imidazole rings is 1. The van der Waals surface area contributed by atoms with Crippen LogP contribution in [0, 0.1) is 0 Å². The van der Waals surface area contributed by atoms with Gasteiger partial charge in [0.15, 0.2) is 0 Å². The first-order valence-electron chi connectivity index (χ1n) is 19.0. The van der Waals surface area contributed by atoms with E-state index in [0.717, 1.165) is 44.6 Å². The highest BCUT2D eigenvalue weighted by Crippen LogP contribution is 2.51. The van der Waals surface area contributed by atoms with Crippen LogP contribution in [0.5, 0.6) is 0 Å². The van der Waals surface area contributed by atoms with Gasteiger partial charge in [-0.15, -0.1) is 0 Å². The Morgan fingerprint density at radius 1 is 0.418 bits per heavy atom. The van der Waals surface area contributed by atoms with Gasteiger partial charge in [0.25, 0.3) is 0 Å². The smallest absolute Gasteiger partial charge is 0.221 e. The van der Waals surface area contributed by atoms with Crippen molar-refractivity contribution < 1.29 is 0 Å². The molecule has 4 nitrogen and oxygen atoms in total. The van der Waals surface area contributed by atoms with Crippen molar-refractivity contribution in [3.05, 3.63) is 181 Å². The van der Waals surface area contributed by atoms with Crippen LogP contribution in [0.1, 0.15) is 25.0 Å². The average molecular weight is 703 g/mol. The van der Waals surface area contributed by atoms with Crippen molar-refractivity contribution in [2.24, 2.45) is 0 Å². The van der Waals surface area contributed by atoms with Gasteiger partial charge in [-0.3, -0.25) is 8.97 Å². The SMILES string of the molecule is CC1(C)c2cc(-c3ccc4ccccc4c3)ccc2-c2ccc(-c3ccc4c(c3)c3ccccc3n4-c3nc4ccccc4c4nc5ccccc5n34)cc21. The van der Waals surface area contributed by atoms with Crippen LogP contribution < -0.4 is 0 Å². The van der Waals surface area contributed by atoms with E-state index in [1.165, 1.54) is 66.1 Å². The van der Waals surface area contributed by atoms with Crippen molar-refractivity contribution >= 4 is 60.2 Å². The maximum atomic E-state index is 5.35. The van der Waals surface area contributed by atoms with E-state index in [9.17, 15) is 0 Å². The zero-order valence-electron chi connectivity index (χ0n) is 30.5. The van der Waals surface area contributed by atoms with Gasteiger partial charge in [-0.1, -0.05) is 123 Å². The molecule has 12 rings (SSSR count). The lowest BCUT2D eigenvalue weighted by Gasteiger charge is -2.22. The lowest BCUT2D eigenvalue weighted by molar-refractivity contribution is 0.661. The maximum absolute atomic E-state index is 5.35. The Kier molecular flexibility index (Phi) is 6.09. The molecule has 1 aliphatic rings. The van der Waals surface area contributed by atoms with E-state index < -0.39 is 0 Å². The minimum absolute atomic E-state index is 0.144. The van der Waals surface area contributed by atoms with E-state index in [1.54, 1.807) is 0 Å². The Labute approximate surface area is 317 Å². The number of aromatic nitrogens is 4. The molecule has 0 unspecified atom stereocenters. The van der Waals surface area contributed by atoms with Crippen molar-refractivity contribution in [1.29, 1.82) is 0 Å². The van der Waals surface area contributed by atoms with Crippen LogP contribution in [0.25, 0.3) is 99.5 Å². The minimum Gasteiger partial charge on any atom is -0.279 e. The van der Waals surface area contributed by atoms with Crippen molar-refractivity contribution in [3.8, 4) is 39.3 Å². The second kappa shape index (κ2) is 11.0. The first-order valence-corrected chi connectivity index (χ1v) is 19.0. The van der Waals surface area contributed by atoms with E-state index >= 15 is 0 Å². The van der Waals surface area contributed by atoms with Crippen LogP contribution in [-0.4, -0.2) is 18.9 Å². The summed E-state index contributed by atoms with van der Waals surface area (Å²) in [4.78, 5) is 10.5. The number of nitrogens with zero attached hydrogens (tertiary/aromatic N) is 4. The monoisotopic (exact) mass is 702 g/mol. The summed E-state index contributed by atoms with van der Waals surface area (Å²) < 4.78 is 4.54. The summed E-state index contributed by atoms with van der Waals surface area (Å²) in [5.74, 6) is 0.835. The molecule has 1 aliphatic carbocycles. The van der Waals surface area contributed by atoms with E-state index in [-0.39, 0.29) is 5.41 Å². The molecule has 4 heteroatoms. The predicted molar refractivity (Wildman–Crippen MR) is 228 cm³/mol. The van der Waals surface area contributed by atoms with Gasteiger partial charge in [0.1, 0.15) is 5.65 Å². The lowest BCUT2D eigenvalue weighted by Crippen LogP contribution is -2.15. The molecule has 0 saturated carbocycles. The Morgan fingerprint density at radius 3 is 1.76 bits per heavy atom. The molecule has 0 amide bonds. The van der Waals surface area contributed by atoms with E-state index in [4.69, 9.17) is 9.97 Å². The molecule has 55 heavy (non-hydrogen) atoms. The molecule has 0 N–H and O–H groups in total. The molecule has 3 heterocycles. The highest BCUT2D eigenvalue weighted by Gasteiger charge is 2.36. The molecule has 0 fully saturated rings. The zero-order valence-corrected chi connectivity index (χ0v) is 30.5. The number of hydrogen-bond acceptors (Lipinski definition) is 2. The summed E-state index contributed by atoms with van der Waals surface area (Å²) in [6.07, 6.45) is 0. The third kappa shape index (κ3) is 4.28. The molecule has 11 aromatic rings. The lowest BCUT2D eigenvalue weighted by atomic mass is 9.80. The van der Waals surface area contributed by atoms with Crippen LogP contribution in [0.15, 0.2) is 170 Å². The van der Waals surface area contributed by atoms with Gasteiger partial charge in [0.2, 0.25) is 5.95 Å². The quantitative estimate of drug-likeness (QED) is 0.184. The normalized spacial score (nSPS) is 13.4. The third-order valence-corrected chi connectivity index (χ3v) is 12.1. The standard InChI is InChI=1S/C51H34N4/c1-51(2)42-29-35(33-20-19-31-11-3-4-12-32(31)27-33)21-24-37(42)38-25-22-36(30-43(38)51)34-23-26-47-41(28-34)39-13-6-9-17-46(39)54(47)50-53-44-15-7-5-14-40(44)49-52-45-16-8-10-18-48(45)55(49)50/h3-30H,1-2H3. The van der Waals surface area contributed by atoms with E-state index in [1.807, 2.05) is 6.07 Å². The molecule has 0 saturated heterocycles. The third-order valence-electron chi connectivity index (χ3n) is 12.1. The number of fused-ring (bicyclic) bond motifs is 12. The second-order valence-corrected chi connectivity index (χ2v) is 15.5. The summed E-state index contributed by atoms with van der Waals surface area (Å²) in [7, 11) is 0. The first kappa shape index (κ1) is 30.4. The van der Waals surface area contributed by atoms with Gasteiger partial charge in [-0.2, -0.15) is 0 Å². The highest BCUT2D eigenvalue weighted by molar-refractivity contribution is 6.11. The highest BCUT2D eigenvalue weighted by atomic mass is 15.2. The fourth-order valence-electron chi connectivity index (χ4n) is 9.31. The average Bonchev–Trinajstić information content (AvgIpc) is 3.86. The fraction of sp³-hybridized carbons (Fsp3) is 0.0588. The summed E-state index contributed by atoms with van der Waals surface area (Å²) in [6, 6.07) is 61.8. The van der Waals surface area contributed by atoms with Crippen molar-refractivity contribution in [1.82, 2.24) is 18.9 Å². The fourth-order valence-corrected chi connectivity index (χ4v) is 9.31. The van der Waals surface area contributed by atoms with Crippen LogP contribution in [-0.2, 0) is 5.41 Å². The van der Waals surface area contributed by atoms with Crippen LogP contribution in [0.4, 0.5) is 0 Å². The van der Waals surface area contributed by atoms with Gasteiger partial charge in [0.05, 0.1) is 27.6 Å². The molecule has 0 atom stereocenters. The van der Waals surface area contributed by atoms with Crippen molar-refractivity contribution in [2.75, 3.05) is 0 Å². The number of rotatable bonds is 3. The summed E-state index contributed by atoms with van der Waals surface area (Å²) in [5.41, 5.74) is 16.3. The largest absolute Gasteiger partial charge is 0.279 e. The number of para-hydroxylation sites is 4. The molecule has 0 radical (unpaired) electrons. The maximum Gasteiger partial charge on any atom is 0.221 e. The van der Waals surface area contributed by atoms with E-state index in [2.05, 4.69) is 187 Å². The van der Waals surface area contributed by atoms with Gasteiger partial charge < -0.3 is 0 Å². The Bertz CT molecular complexity index is 3420. The number of benzene rings is 8. The van der Waals surface area contributed by atoms with Crippen LogP contribution >= 0.6 is 0 Å². The Hall–Kier alpha value is -7.04. The Morgan fingerprint density at radius 2 is 0.982 bits per heavy atom. The zero-order chi connectivity index (χ0) is 36.4. The molecule has 0 spiro atoms. The number of hydrogen-bond donors (Lipinski definition) is 0. The summed E-state index contributed by atoms with van der Waals surface area (Å²) in [5, 5.41) is 5.97. The predicted octanol–water partition coefficient (Wildman–Crippen LogP) is 12.9. The molecule has 0 bridgehead atoms.